The van der Waals surface area contributed by atoms with Gasteiger partial charge in [0.1, 0.15) is 0 Å². The van der Waals surface area contributed by atoms with E-state index in [1.165, 1.54) is 5.57 Å². The Bertz CT molecular complexity index is 138. The Hall–Kier alpha value is -0.780. The molecule has 0 aliphatic rings. The summed E-state index contributed by atoms with van der Waals surface area (Å²) in [5.74, 6) is 0. The fourth-order valence-electron chi connectivity index (χ4n) is 0.483. The maximum atomic E-state index is 3.84. The third kappa shape index (κ3) is 3.77. The topological polar surface area (TPSA) is 0 Å². The van der Waals surface area contributed by atoms with Gasteiger partial charge in [-0.1, -0.05) is 43.4 Å². The van der Waals surface area contributed by atoms with Crippen LogP contribution in [0.5, 0.6) is 0 Å². The molecule has 0 heterocycles. The summed E-state index contributed by atoms with van der Waals surface area (Å²) in [5.41, 5.74) is 2.34. The lowest BCUT2D eigenvalue weighted by Gasteiger charge is -1.92. The van der Waals surface area contributed by atoms with E-state index >= 15 is 0 Å². The quantitative estimate of drug-likeness (QED) is 0.504. The van der Waals surface area contributed by atoms with Crippen molar-refractivity contribution < 1.29 is 0 Å². The van der Waals surface area contributed by atoms with Gasteiger partial charge in [0.2, 0.25) is 0 Å². The molecule has 0 unspecified atom stereocenters. The molecule has 0 aromatic rings. The molecule has 0 bridgehead atoms. The van der Waals surface area contributed by atoms with Crippen molar-refractivity contribution in [3.05, 3.63) is 36.5 Å². The van der Waals surface area contributed by atoms with Crippen molar-refractivity contribution in [2.24, 2.45) is 0 Å². The van der Waals surface area contributed by atoms with Crippen molar-refractivity contribution in [3.63, 3.8) is 0 Å². The molecule has 0 radical (unpaired) electrons. The second-order valence-corrected chi connectivity index (χ2v) is 2.10. The van der Waals surface area contributed by atoms with Crippen LogP contribution in [0.1, 0.15) is 20.3 Å². The van der Waals surface area contributed by atoms with Crippen LogP contribution >= 0.6 is 0 Å². The fraction of sp³-hybridized carbons (Fsp3) is 0.333. The number of hydrogen-bond donors (Lipinski definition) is 0. The van der Waals surface area contributed by atoms with Crippen molar-refractivity contribution in [1.82, 2.24) is 0 Å². The third-order valence-corrected chi connectivity index (χ3v) is 1.21. The van der Waals surface area contributed by atoms with Crippen LogP contribution in [0, 0.1) is 0 Å². The molecule has 0 heteroatoms. The van der Waals surface area contributed by atoms with Gasteiger partial charge in [0.05, 0.1) is 0 Å². The summed E-state index contributed by atoms with van der Waals surface area (Å²) in [6.45, 7) is 11.6. The summed E-state index contributed by atoms with van der Waals surface area (Å²) in [4.78, 5) is 0. The zero-order valence-electron chi connectivity index (χ0n) is 6.28. The van der Waals surface area contributed by atoms with E-state index in [1.54, 1.807) is 0 Å². The van der Waals surface area contributed by atoms with Crippen molar-refractivity contribution in [2.45, 2.75) is 20.3 Å². The minimum Gasteiger partial charge on any atom is -0.0988 e. The minimum absolute atomic E-state index is 1.02. The van der Waals surface area contributed by atoms with Crippen LogP contribution in [0.25, 0.3) is 0 Å². The van der Waals surface area contributed by atoms with E-state index in [9.17, 15) is 0 Å². The van der Waals surface area contributed by atoms with Crippen LogP contribution in [0.2, 0.25) is 0 Å². The maximum Gasteiger partial charge on any atom is -0.0313 e. The molecule has 0 fully saturated rings. The average molecular weight is 122 g/mol. The Morgan fingerprint density at radius 3 is 2.44 bits per heavy atom. The van der Waals surface area contributed by atoms with Crippen LogP contribution in [0.15, 0.2) is 36.5 Å². The second-order valence-electron chi connectivity index (χ2n) is 2.10. The van der Waals surface area contributed by atoms with Gasteiger partial charge in [-0.3, -0.25) is 0 Å². The van der Waals surface area contributed by atoms with Crippen LogP contribution in [0.4, 0.5) is 0 Å². The van der Waals surface area contributed by atoms with Crippen LogP contribution in [-0.4, -0.2) is 0 Å². The van der Waals surface area contributed by atoms with E-state index in [0.29, 0.717) is 0 Å². The third-order valence-electron chi connectivity index (χ3n) is 1.21. The van der Waals surface area contributed by atoms with Crippen LogP contribution < -0.4 is 0 Å². The average Bonchev–Trinajstić information content (AvgIpc) is 1.87. The molecular formula is C9H14. The Morgan fingerprint density at radius 2 is 2.11 bits per heavy atom. The fourth-order valence-corrected chi connectivity index (χ4v) is 0.483. The highest BCUT2D eigenvalue weighted by Gasteiger charge is 1.82. The summed E-state index contributed by atoms with van der Waals surface area (Å²) in [6, 6.07) is 0. The standard InChI is InChI=1S/C9H14/c1-5-8(3)7-9(4)6-2/h5,7H,1,4,6H2,2-3H3. The molecule has 0 nitrogen and oxygen atoms in total. The highest BCUT2D eigenvalue weighted by atomic mass is 13.9. The lowest BCUT2D eigenvalue weighted by Crippen LogP contribution is -1.72. The zero-order valence-corrected chi connectivity index (χ0v) is 6.28. The minimum atomic E-state index is 1.02. The Labute approximate surface area is 57.6 Å². The van der Waals surface area contributed by atoms with Gasteiger partial charge in [-0.05, 0) is 13.3 Å². The van der Waals surface area contributed by atoms with E-state index in [-0.39, 0.29) is 0 Å². The summed E-state index contributed by atoms with van der Waals surface area (Å²) >= 11 is 0. The lowest BCUT2D eigenvalue weighted by molar-refractivity contribution is 1.15. The van der Waals surface area contributed by atoms with Crippen molar-refractivity contribution in [1.29, 1.82) is 0 Å². The Balaban J connectivity index is 3.94. The first-order valence-corrected chi connectivity index (χ1v) is 3.19. The van der Waals surface area contributed by atoms with Gasteiger partial charge in [-0.25, -0.2) is 0 Å². The molecule has 9 heavy (non-hydrogen) atoms. The van der Waals surface area contributed by atoms with Crippen molar-refractivity contribution >= 4 is 0 Å². The highest BCUT2D eigenvalue weighted by molar-refractivity contribution is 5.25. The number of rotatable bonds is 3. The molecule has 0 spiro atoms. The van der Waals surface area contributed by atoms with Gasteiger partial charge in [0.15, 0.2) is 0 Å². The van der Waals surface area contributed by atoms with E-state index in [1.807, 2.05) is 19.1 Å². The molecule has 0 aliphatic carbocycles. The predicted octanol–water partition coefficient (Wildman–Crippen LogP) is 3.08. The molecule has 0 aromatic carbocycles. The first kappa shape index (κ1) is 8.22. The van der Waals surface area contributed by atoms with Crippen molar-refractivity contribution in [2.75, 3.05) is 0 Å². The maximum absolute atomic E-state index is 3.84. The van der Waals surface area contributed by atoms with E-state index in [4.69, 9.17) is 0 Å². The smallest absolute Gasteiger partial charge is 0.0313 e. The molecule has 0 aliphatic heterocycles. The Morgan fingerprint density at radius 1 is 1.56 bits per heavy atom. The van der Waals surface area contributed by atoms with Crippen LogP contribution in [0.3, 0.4) is 0 Å². The molecular weight excluding hydrogens is 108 g/mol. The molecule has 0 amide bonds. The van der Waals surface area contributed by atoms with E-state index in [2.05, 4.69) is 20.1 Å². The molecule has 0 rings (SSSR count). The molecule has 0 saturated carbocycles. The first-order valence-electron chi connectivity index (χ1n) is 3.19. The van der Waals surface area contributed by atoms with Gasteiger partial charge < -0.3 is 0 Å². The zero-order chi connectivity index (χ0) is 7.28. The van der Waals surface area contributed by atoms with Gasteiger partial charge in [0.25, 0.3) is 0 Å². The van der Waals surface area contributed by atoms with E-state index in [0.717, 1.165) is 12.0 Å². The van der Waals surface area contributed by atoms with Gasteiger partial charge in [0, 0.05) is 0 Å². The van der Waals surface area contributed by atoms with Crippen LogP contribution in [-0.2, 0) is 0 Å². The molecule has 50 valence electrons. The molecule has 0 saturated heterocycles. The first-order chi connectivity index (χ1) is 4.20. The van der Waals surface area contributed by atoms with E-state index < -0.39 is 0 Å². The van der Waals surface area contributed by atoms with Gasteiger partial charge >= 0.3 is 0 Å². The summed E-state index contributed by atoms with van der Waals surface area (Å²) in [7, 11) is 0. The molecule has 0 aromatic heterocycles. The summed E-state index contributed by atoms with van der Waals surface area (Å²) < 4.78 is 0. The van der Waals surface area contributed by atoms with Gasteiger partial charge in [-0.2, -0.15) is 0 Å². The summed E-state index contributed by atoms with van der Waals surface area (Å²) in [6.07, 6.45) is 4.90. The largest absolute Gasteiger partial charge is 0.0988 e. The molecule has 0 N–H and O–H groups in total. The normalized spacial score (nSPS) is 11.1. The monoisotopic (exact) mass is 122 g/mol. The summed E-state index contributed by atoms with van der Waals surface area (Å²) in [5, 5.41) is 0. The number of hydrogen-bond acceptors (Lipinski definition) is 0. The van der Waals surface area contributed by atoms with Crippen molar-refractivity contribution in [3.8, 4) is 0 Å². The molecule has 0 atom stereocenters. The second kappa shape index (κ2) is 4.13. The predicted molar refractivity (Wildman–Crippen MR) is 43.4 cm³/mol. The SMILES string of the molecule is C=CC(C)=CC(=C)CC. The van der Waals surface area contributed by atoms with Gasteiger partial charge in [-0.15, -0.1) is 0 Å². The lowest BCUT2D eigenvalue weighted by atomic mass is 10.1. The number of allylic oxidation sites excluding steroid dienone is 4. The highest BCUT2D eigenvalue weighted by Crippen LogP contribution is 2.03. The Kier molecular flexibility index (Phi) is 3.78.